The number of aromatic nitrogens is 1. The highest BCUT2D eigenvalue weighted by Gasteiger charge is 2.19. The Morgan fingerprint density at radius 3 is 3.07 bits per heavy atom. The van der Waals surface area contributed by atoms with Crippen molar-refractivity contribution in [1.29, 1.82) is 0 Å². The average Bonchev–Trinajstić information content (AvgIpc) is 2.25. The van der Waals surface area contributed by atoms with Crippen LogP contribution in [0.3, 0.4) is 0 Å². The number of rotatable bonds is 2. The number of pyridine rings is 1. The molecule has 1 aromatic heterocycles. The number of cyclic esters (lactones) is 1. The molecule has 15 heavy (non-hydrogen) atoms. The summed E-state index contributed by atoms with van der Waals surface area (Å²) in [5, 5.41) is 0. The predicted molar refractivity (Wildman–Crippen MR) is 55.0 cm³/mol. The first-order valence-corrected chi connectivity index (χ1v) is 4.88. The van der Waals surface area contributed by atoms with Crippen LogP contribution in [0, 0.1) is 0 Å². The van der Waals surface area contributed by atoms with E-state index in [4.69, 9.17) is 10.5 Å². The van der Waals surface area contributed by atoms with Gasteiger partial charge < -0.3 is 15.4 Å². The Balaban J connectivity index is 2.01. The molecule has 1 aromatic rings. The summed E-state index contributed by atoms with van der Waals surface area (Å²) in [7, 11) is 0. The smallest absolute Gasteiger partial charge is 0.410 e. The maximum absolute atomic E-state index is 11.3. The quantitative estimate of drug-likeness (QED) is 0.785. The molecular formula is C10H13N3O2. The molecule has 5 nitrogen and oxygen atoms in total. The zero-order valence-corrected chi connectivity index (χ0v) is 8.35. The summed E-state index contributed by atoms with van der Waals surface area (Å²) < 4.78 is 4.92. The molecule has 0 saturated carbocycles. The van der Waals surface area contributed by atoms with Gasteiger partial charge in [-0.25, -0.2) is 4.79 Å². The van der Waals surface area contributed by atoms with Gasteiger partial charge >= 0.3 is 6.09 Å². The van der Waals surface area contributed by atoms with Crippen molar-refractivity contribution in [1.82, 2.24) is 9.88 Å². The Hall–Kier alpha value is -1.78. The molecule has 1 saturated heterocycles. The minimum absolute atomic E-state index is 0.264. The maximum atomic E-state index is 11.3. The summed E-state index contributed by atoms with van der Waals surface area (Å²) in [6, 6.07) is 3.59. The lowest BCUT2D eigenvalue weighted by Crippen LogP contribution is -2.37. The van der Waals surface area contributed by atoms with E-state index in [9.17, 15) is 4.79 Å². The molecule has 2 heterocycles. The molecule has 0 unspecified atom stereocenters. The molecule has 0 aliphatic carbocycles. The second kappa shape index (κ2) is 4.16. The third kappa shape index (κ3) is 2.37. The largest absolute Gasteiger partial charge is 0.449 e. The molecule has 2 N–H and O–H groups in total. The zero-order chi connectivity index (χ0) is 10.7. The number of hydrogen-bond donors (Lipinski definition) is 1. The van der Waals surface area contributed by atoms with Crippen molar-refractivity contribution in [3.8, 4) is 0 Å². The number of nitrogens with zero attached hydrogens (tertiary/aromatic N) is 2. The van der Waals surface area contributed by atoms with Crippen molar-refractivity contribution >= 4 is 11.8 Å². The van der Waals surface area contributed by atoms with Crippen LogP contribution in [-0.2, 0) is 11.3 Å². The maximum Gasteiger partial charge on any atom is 0.410 e. The Morgan fingerprint density at radius 2 is 2.40 bits per heavy atom. The monoisotopic (exact) mass is 207 g/mol. The number of amides is 1. The lowest BCUT2D eigenvalue weighted by molar-refractivity contribution is 0.0696. The molecule has 1 amide bonds. The number of ether oxygens (including phenoxy) is 1. The van der Waals surface area contributed by atoms with Crippen LogP contribution in [0.4, 0.5) is 10.5 Å². The predicted octanol–water partition coefficient (Wildman–Crippen LogP) is 1.01. The van der Waals surface area contributed by atoms with Crippen molar-refractivity contribution in [3.63, 3.8) is 0 Å². The standard InChI is InChI=1S/C10H13N3O2/c11-8-2-3-9(12-6-8)7-13-4-1-5-15-10(13)14/h2-3,6H,1,4-5,7,11H2. The topological polar surface area (TPSA) is 68.4 Å². The van der Waals surface area contributed by atoms with E-state index in [-0.39, 0.29) is 6.09 Å². The second-order valence-corrected chi connectivity index (χ2v) is 3.47. The molecule has 5 heteroatoms. The fourth-order valence-corrected chi connectivity index (χ4v) is 1.47. The number of hydrogen-bond acceptors (Lipinski definition) is 4. The molecule has 0 atom stereocenters. The Morgan fingerprint density at radius 1 is 1.53 bits per heavy atom. The molecular weight excluding hydrogens is 194 g/mol. The molecule has 0 radical (unpaired) electrons. The van der Waals surface area contributed by atoms with Gasteiger partial charge in [-0.2, -0.15) is 0 Å². The van der Waals surface area contributed by atoms with Crippen LogP contribution >= 0.6 is 0 Å². The van der Waals surface area contributed by atoms with Gasteiger partial charge in [0, 0.05) is 6.54 Å². The van der Waals surface area contributed by atoms with E-state index in [1.165, 1.54) is 0 Å². The highest BCUT2D eigenvalue weighted by molar-refractivity contribution is 5.68. The molecule has 2 rings (SSSR count). The average molecular weight is 207 g/mol. The van der Waals surface area contributed by atoms with Crippen molar-refractivity contribution in [2.75, 3.05) is 18.9 Å². The minimum atomic E-state index is -0.264. The number of carbonyl (C=O) groups excluding carboxylic acids is 1. The Labute approximate surface area is 87.8 Å². The van der Waals surface area contributed by atoms with E-state index in [1.807, 2.05) is 6.07 Å². The zero-order valence-electron chi connectivity index (χ0n) is 8.35. The fourth-order valence-electron chi connectivity index (χ4n) is 1.47. The van der Waals surface area contributed by atoms with E-state index in [2.05, 4.69) is 4.98 Å². The summed E-state index contributed by atoms with van der Waals surface area (Å²) in [5.41, 5.74) is 6.97. The van der Waals surface area contributed by atoms with Crippen LogP contribution in [-0.4, -0.2) is 29.1 Å². The molecule has 0 aromatic carbocycles. The van der Waals surface area contributed by atoms with E-state index in [0.29, 0.717) is 18.8 Å². The van der Waals surface area contributed by atoms with Crippen LogP contribution in [0.5, 0.6) is 0 Å². The number of carbonyl (C=O) groups is 1. The van der Waals surface area contributed by atoms with E-state index in [0.717, 1.165) is 18.7 Å². The van der Waals surface area contributed by atoms with Crippen LogP contribution < -0.4 is 5.73 Å². The van der Waals surface area contributed by atoms with Crippen LogP contribution in [0.2, 0.25) is 0 Å². The summed E-state index contributed by atoms with van der Waals surface area (Å²) in [5.74, 6) is 0. The molecule has 1 aliphatic heterocycles. The second-order valence-electron chi connectivity index (χ2n) is 3.47. The van der Waals surface area contributed by atoms with Crippen molar-refractivity contribution in [2.45, 2.75) is 13.0 Å². The van der Waals surface area contributed by atoms with Crippen molar-refractivity contribution < 1.29 is 9.53 Å². The third-order valence-corrected chi connectivity index (χ3v) is 2.26. The van der Waals surface area contributed by atoms with E-state index >= 15 is 0 Å². The van der Waals surface area contributed by atoms with E-state index < -0.39 is 0 Å². The van der Waals surface area contributed by atoms with Crippen LogP contribution in [0.15, 0.2) is 18.3 Å². The number of nitrogens with two attached hydrogens (primary N) is 1. The molecule has 1 aliphatic rings. The van der Waals surface area contributed by atoms with Crippen molar-refractivity contribution in [2.24, 2.45) is 0 Å². The van der Waals surface area contributed by atoms with Gasteiger partial charge in [-0.3, -0.25) is 4.98 Å². The van der Waals surface area contributed by atoms with Gasteiger partial charge in [-0.05, 0) is 18.6 Å². The van der Waals surface area contributed by atoms with Gasteiger partial charge in [0.1, 0.15) is 0 Å². The van der Waals surface area contributed by atoms with Gasteiger partial charge in [0.2, 0.25) is 0 Å². The summed E-state index contributed by atoms with van der Waals surface area (Å²) >= 11 is 0. The first-order chi connectivity index (χ1) is 7.25. The molecule has 80 valence electrons. The number of nitrogen functional groups attached to an aromatic ring is 1. The van der Waals surface area contributed by atoms with Gasteiger partial charge in [0.15, 0.2) is 0 Å². The van der Waals surface area contributed by atoms with Gasteiger partial charge in [-0.1, -0.05) is 0 Å². The SMILES string of the molecule is Nc1ccc(CN2CCCOC2=O)nc1. The third-order valence-electron chi connectivity index (χ3n) is 2.26. The minimum Gasteiger partial charge on any atom is -0.449 e. The van der Waals surface area contributed by atoms with Crippen LogP contribution in [0.25, 0.3) is 0 Å². The first-order valence-electron chi connectivity index (χ1n) is 4.88. The summed E-state index contributed by atoms with van der Waals surface area (Å²) in [6.07, 6.45) is 2.20. The van der Waals surface area contributed by atoms with Crippen molar-refractivity contribution in [3.05, 3.63) is 24.0 Å². The fraction of sp³-hybridized carbons (Fsp3) is 0.400. The van der Waals surface area contributed by atoms with Gasteiger partial charge in [0.25, 0.3) is 0 Å². The highest BCUT2D eigenvalue weighted by Crippen LogP contribution is 2.10. The molecule has 1 fully saturated rings. The molecule has 0 bridgehead atoms. The summed E-state index contributed by atoms with van der Waals surface area (Å²) in [6.45, 7) is 1.73. The van der Waals surface area contributed by atoms with Crippen LogP contribution in [0.1, 0.15) is 12.1 Å². The number of anilines is 1. The van der Waals surface area contributed by atoms with Gasteiger partial charge in [0.05, 0.1) is 30.7 Å². The van der Waals surface area contributed by atoms with Gasteiger partial charge in [-0.15, -0.1) is 0 Å². The normalized spacial score (nSPS) is 16.3. The highest BCUT2D eigenvalue weighted by atomic mass is 16.6. The molecule has 0 spiro atoms. The lowest BCUT2D eigenvalue weighted by atomic mass is 10.3. The Bertz CT molecular complexity index is 350. The van der Waals surface area contributed by atoms with E-state index in [1.54, 1.807) is 17.2 Å². The summed E-state index contributed by atoms with van der Waals surface area (Å²) in [4.78, 5) is 17.1. The lowest BCUT2D eigenvalue weighted by Gasteiger charge is -2.25. The Kier molecular flexibility index (Phi) is 2.71. The first kappa shape index (κ1) is 9.76.